The number of ether oxygens (including phenoxy) is 1. The number of anilines is 1. The van der Waals surface area contributed by atoms with Gasteiger partial charge >= 0.3 is 0 Å². The SMILES string of the molecule is COc1ccc(C)cc1N(C(C)C(=O)NC1CCN(C)CC1)S(C)(=O)=O. The van der Waals surface area contributed by atoms with Crippen molar-refractivity contribution in [2.24, 2.45) is 0 Å². The number of hydrogen-bond acceptors (Lipinski definition) is 5. The molecule has 0 aromatic heterocycles. The Balaban J connectivity index is 2.27. The zero-order valence-electron chi connectivity index (χ0n) is 16.2. The highest BCUT2D eigenvalue weighted by Gasteiger charge is 2.32. The molecule has 1 aliphatic rings. The van der Waals surface area contributed by atoms with Crippen LogP contribution in [0.2, 0.25) is 0 Å². The van der Waals surface area contributed by atoms with Crippen molar-refractivity contribution in [1.82, 2.24) is 10.2 Å². The summed E-state index contributed by atoms with van der Waals surface area (Å²) in [5.74, 6) is 0.119. The minimum atomic E-state index is -3.68. The number of amides is 1. The molecule has 1 amide bonds. The van der Waals surface area contributed by atoms with Gasteiger partial charge in [0.05, 0.1) is 19.1 Å². The smallest absolute Gasteiger partial charge is 0.243 e. The zero-order chi connectivity index (χ0) is 19.5. The van der Waals surface area contributed by atoms with Crippen LogP contribution in [0.15, 0.2) is 18.2 Å². The van der Waals surface area contributed by atoms with Crippen LogP contribution in [0.25, 0.3) is 0 Å². The second-order valence-corrected chi connectivity index (χ2v) is 8.86. The van der Waals surface area contributed by atoms with Gasteiger partial charge in [-0.15, -0.1) is 0 Å². The van der Waals surface area contributed by atoms with Crippen molar-refractivity contribution >= 4 is 21.6 Å². The lowest BCUT2D eigenvalue weighted by Crippen LogP contribution is -2.52. The van der Waals surface area contributed by atoms with Gasteiger partial charge in [0.2, 0.25) is 15.9 Å². The Kier molecular flexibility index (Phi) is 6.52. The Hall–Kier alpha value is -1.80. The molecule has 0 saturated carbocycles. The molecule has 0 radical (unpaired) electrons. The first kappa shape index (κ1) is 20.5. The first-order chi connectivity index (χ1) is 12.1. The minimum Gasteiger partial charge on any atom is -0.495 e. The van der Waals surface area contributed by atoms with E-state index >= 15 is 0 Å². The van der Waals surface area contributed by atoms with Crippen LogP contribution >= 0.6 is 0 Å². The standard InChI is InChI=1S/C18H29N3O4S/c1-13-6-7-17(25-4)16(12-13)21(26(5,23)24)14(2)18(22)19-15-8-10-20(3)11-9-15/h6-7,12,14-15H,8-11H2,1-5H3,(H,19,22). The third-order valence-corrected chi connectivity index (χ3v) is 5.95. The molecule has 0 aliphatic carbocycles. The number of benzene rings is 1. The predicted molar refractivity (Wildman–Crippen MR) is 103 cm³/mol. The molecule has 2 rings (SSSR count). The van der Waals surface area contributed by atoms with Crippen LogP contribution in [0.5, 0.6) is 5.75 Å². The molecular formula is C18H29N3O4S. The minimum absolute atomic E-state index is 0.0713. The number of nitrogens with one attached hydrogen (secondary N) is 1. The van der Waals surface area contributed by atoms with E-state index in [1.54, 1.807) is 19.1 Å². The Morgan fingerprint density at radius 3 is 2.50 bits per heavy atom. The summed E-state index contributed by atoms with van der Waals surface area (Å²) in [4.78, 5) is 15.0. The van der Waals surface area contributed by atoms with Crippen molar-refractivity contribution in [1.29, 1.82) is 0 Å². The maximum atomic E-state index is 12.8. The van der Waals surface area contributed by atoms with Crippen LogP contribution in [-0.2, 0) is 14.8 Å². The summed E-state index contributed by atoms with van der Waals surface area (Å²) in [6, 6.07) is 4.47. The van der Waals surface area contributed by atoms with Gasteiger partial charge < -0.3 is 15.0 Å². The summed E-state index contributed by atoms with van der Waals surface area (Å²) < 4.78 is 31.4. The van der Waals surface area contributed by atoms with Crippen molar-refractivity contribution in [2.45, 2.75) is 38.8 Å². The van der Waals surface area contributed by atoms with Gasteiger partial charge in [-0.25, -0.2) is 8.42 Å². The summed E-state index contributed by atoms with van der Waals surface area (Å²) >= 11 is 0. The molecule has 1 N–H and O–H groups in total. The van der Waals surface area contributed by atoms with Gasteiger partial charge in [0.1, 0.15) is 11.8 Å². The Labute approximate surface area is 156 Å². The van der Waals surface area contributed by atoms with E-state index in [1.807, 2.05) is 13.0 Å². The van der Waals surface area contributed by atoms with Crippen LogP contribution in [0.4, 0.5) is 5.69 Å². The summed E-state index contributed by atoms with van der Waals surface area (Å²) in [5.41, 5.74) is 1.26. The fraction of sp³-hybridized carbons (Fsp3) is 0.611. The van der Waals surface area contributed by atoms with Gasteiger partial charge in [-0.1, -0.05) is 6.07 Å². The van der Waals surface area contributed by atoms with E-state index in [0.717, 1.165) is 42.1 Å². The fourth-order valence-electron chi connectivity index (χ4n) is 3.23. The Bertz CT molecular complexity index is 743. The number of likely N-dealkylation sites (tertiary alicyclic amines) is 1. The van der Waals surface area contributed by atoms with Crippen molar-refractivity contribution in [3.05, 3.63) is 23.8 Å². The highest BCUT2D eigenvalue weighted by molar-refractivity contribution is 7.92. The summed E-state index contributed by atoms with van der Waals surface area (Å²) in [6.45, 7) is 5.31. The van der Waals surface area contributed by atoms with Gasteiger partial charge in [-0.2, -0.15) is 0 Å². The maximum absolute atomic E-state index is 12.8. The van der Waals surface area contributed by atoms with Gasteiger partial charge in [0, 0.05) is 6.04 Å². The van der Waals surface area contributed by atoms with E-state index in [0.29, 0.717) is 11.4 Å². The Morgan fingerprint density at radius 2 is 1.96 bits per heavy atom. The highest BCUT2D eigenvalue weighted by atomic mass is 32.2. The third kappa shape index (κ3) is 4.88. The van der Waals surface area contributed by atoms with Crippen LogP contribution in [0.3, 0.4) is 0 Å². The molecule has 1 aromatic carbocycles. The van der Waals surface area contributed by atoms with Crippen LogP contribution in [-0.4, -0.2) is 64.8 Å². The number of rotatable bonds is 6. The topological polar surface area (TPSA) is 79.0 Å². The van der Waals surface area contributed by atoms with Crippen molar-refractivity contribution < 1.29 is 17.9 Å². The molecule has 26 heavy (non-hydrogen) atoms. The normalized spacial score (nSPS) is 17.6. The van der Waals surface area contributed by atoms with E-state index < -0.39 is 16.1 Å². The monoisotopic (exact) mass is 383 g/mol. The number of sulfonamides is 1. The second kappa shape index (κ2) is 8.26. The van der Waals surface area contributed by atoms with Crippen LogP contribution < -0.4 is 14.4 Å². The molecule has 1 saturated heterocycles. The van der Waals surface area contributed by atoms with Crippen LogP contribution in [0, 0.1) is 6.92 Å². The summed E-state index contributed by atoms with van der Waals surface area (Å²) in [6.07, 6.45) is 2.83. The average Bonchev–Trinajstić information content (AvgIpc) is 2.56. The lowest BCUT2D eigenvalue weighted by molar-refractivity contribution is -0.122. The van der Waals surface area contributed by atoms with E-state index in [1.165, 1.54) is 7.11 Å². The average molecular weight is 384 g/mol. The molecule has 7 nitrogen and oxygen atoms in total. The molecule has 8 heteroatoms. The largest absolute Gasteiger partial charge is 0.495 e. The first-order valence-electron chi connectivity index (χ1n) is 8.76. The van der Waals surface area contributed by atoms with E-state index in [4.69, 9.17) is 4.74 Å². The highest BCUT2D eigenvalue weighted by Crippen LogP contribution is 2.32. The van der Waals surface area contributed by atoms with E-state index in [-0.39, 0.29) is 11.9 Å². The molecule has 1 heterocycles. The molecule has 1 atom stereocenters. The molecule has 0 bridgehead atoms. The summed E-state index contributed by atoms with van der Waals surface area (Å²) in [5, 5.41) is 3.00. The molecule has 1 aromatic rings. The number of methoxy groups -OCH3 is 1. The number of carbonyl (C=O) groups excluding carboxylic acids is 1. The van der Waals surface area contributed by atoms with Gasteiger partial charge in [0.25, 0.3) is 0 Å². The molecule has 0 spiro atoms. The van der Waals surface area contributed by atoms with Gasteiger partial charge in [-0.05, 0) is 64.5 Å². The van der Waals surface area contributed by atoms with Gasteiger partial charge in [-0.3, -0.25) is 9.10 Å². The first-order valence-corrected chi connectivity index (χ1v) is 10.6. The molecule has 1 unspecified atom stereocenters. The number of carbonyl (C=O) groups is 1. The lowest BCUT2D eigenvalue weighted by atomic mass is 10.1. The van der Waals surface area contributed by atoms with E-state index in [9.17, 15) is 13.2 Å². The van der Waals surface area contributed by atoms with Gasteiger partial charge in [0.15, 0.2) is 0 Å². The number of aryl methyl sites for hydroxylation is 1. The second-order valence-electron chi connectivity index (χ2n) is 7.00. The number of nitrogens with zero attached hydrogens (tertiary/aromatic N) is 2. The van der Waals surface area contributed by atoms with E-state index in [2.05, 4.69) is 17.3 Å². The fourth-order valence-corrected chi connectivity index (χ4v) is 4.40. The molecular weight excluding hydrogens is 354 g/mol. The number of hydrogen-bond donors (Lipinski definition) is 1. The quantitative estimate of drug-likeness (QED) is 0.803. The maximum Gasteiger partial charge on any atom is 0.243 e. The van der Waals surface area contributed by atoms with Crippen molar-refractivity contribution in [3.8, 4) is 5.75 Å². The lowest BCUT2D eigenvalue weighted by Gasteiger charge is -2.33. The summed E-state index contributed by atoms with van der Waals surface area (Å²) in [7, 11) is -0.141. The van der Waals surface area contributed by atoms with Crippen molar-refractivity contribution in [3.63, 3.8) is 0 Å². The zero-order valence-corrected chi connectivity index (χ0v) is 17.0. The molecule has 146 valence electrons. The third-order valence-electron chi connectivity index (χ3n) is 4.73. The molecule has 1 fully saturated rings. The Morgan fingerprint density at radius 1 is 1.35 bits per heavy atom. The molecule has 1 aliphatic heterocycles. The van der Waals surface area contributed by atoms with Crippen LogP contribution in [0.1, 0.15) is 25.3 Å². The number of piperidine rings is 1. The predicted octanol–water partition coefficient (Wildman–Crippen LogP) is 1.37. The van der Waals surface area contributed by atoms with Crippen molar-refractivity contribution in [2.75, 3.05) is 37.8 Å².